The third-order valence-corrected chi connectivity index (χ3v) is 2.93. The number of benzene rings is 1. The minimum Gasteiger partial charge on any atom is -0.492 e. The average molecular weight is 228 g/mol. The molecule has 2 rings (SSSR count). The predicted octanol–water partition coefficient (Wildman–Crippen LogP) is 1.74. The molecule has 4 heteroatoms. The van der Waals surface area contributed by atoms with Gasteiger partial charge in [0, 0.05) is 16.6 Å². The monoisotopic (exact) mass is 227 g/mol. The molecule has 0 aliphatic carbocycles. The van der Waals surface area contributed by atoms with Gasteiger partial charge in [0.2, 0.25) is 0 Å². The third-order valence-electron chi connectivity index (χ3n) is 2.69. The van der Waals surface area contributed by atoms with Crippen molar-refractivity contribution in [1.82, 2.24) is 5.32 Å². The molecule has 0 fully saturated rings. The van der Waals surface area contributed by atoms with E-state index in [1.165, 1.54) is 0 Å². The van der Waals surface area contributed by atoms with Crippen LogP contribution in [-0.4, -0.2) is 24.8 Å². The van der Waals surface area contributed by atoms with Crippen LogP contribution >= 0.6 is 11.6 Å². The summed E-state index contributed by atoms with van der Waals surface area (Å²) in [5.41, 5.74) is 0.817. The quantitative estimate of drug-likeness (QED) is 0.768. The average Bonchev–Trinajstić information content (AvgIpc) is 2.38. The highest BCUT2D eigenvalue weighted by molar-refractivity contribution is 6.30. The van der Waals surface area contributed by atoms with Gasteiger partial charge >= 0.3 is 0 Å². The summed E-state index contributed by atoms with van der Waals surface area (Å²) >= 11 is 5.87. The highest BCUT2D eigenvalue weighted by atomic mass is 35.5. The normalized spacial score (nSPS) is 25.3. The first-order valence-electron chi connectivity index (χ1n) is 4.98. The van der Waals surface area contributed by atoms with Gasteiger partial charge in [0.05, 0.1) is 6.10 Å². The number of fused-ring (bicyclic) bond motifs is 1. The van der Waals surface area contributed by atoms with E-state index in [9.17, 15) is 5.11 Å². The highest BCUT2D eigenvalue weighted by Gasteiger charge is 2.23. The van der Waals surface area contributed by atoms with Crippen LogP contribution in [0, 0.1) is 0 Å². The summed E-state index contributed by atoms with van der Waals surface area (Å²) in [7, 11) is 1.86. The zero-order valence-electron chi connectivity index (χ0n) is 8.53. The second-order valence-corrected chi connectivity index (χ2v) is 4.17. The highest BCUT2D eigenvalue weighted by Crippen LogP contribution is 2.33. The Balaban J connectivity index is 2.30. The molecule has 82 valence electrons. The first kappa shape index (κ1) is 10.7. The van der Waals surface area contributed by atoms with Crippen LogP contribution in [0.2, 0.25) is 5.02 Å². The zero-order chi connectivity index (χ0) is 10.8. The Hall–Kier alpha value is -0.770. The topological polar surface area (TPSA) is 41.5 Å². The van der Waals surface area contributed by atoms with E-state index < -0.39 is 6.10 Å². The van der Waals surface area contributed by atoms with E-state index >= 15 is 0 Å². The Morgan fingerprint density at radius 2 is 2.33 bits per heavy atom. The van der Waals surface area contributed by atoms with Crippen LogP contribution in [0.5, 0.6) is 5.75 Å². The summed E-state index contributed by atoms with van der Waals surface area (Å²) in [6.45, 7) is 0.556. The van der Waals surface area contributed by atoms with Gasteiger partial charge in [-0.3, -0.25) is 0 Å². The molecule has 0 saturated heterocycles. The molecule has 0 saturated carbocycles. The van der Waals surface area contributed by atoms with Crippen molar-refractivity contribution >= 4 is 11.6 Å². The molecule has 0 aromatic heterocycles. The van der Waals surface area contributed by atoms with Crippen LogP contribution in [0.25, 0.3) is 0 Å². The maximum Gasteiger partial charge on any atom is 0.126 e. The minimum absolute atomic E-state index is 0.172. The first-order chi connectivity index (χ1) is 7.20. The lowest BCUT2D eigenvalue weighted by molar-refractivity contribution is 0.153. The Kier molecular flexibility index (Phi) is 3.14. The Labute approximate surface area is 94.0 Å². The van der Waals surface area contributed by atoms with E-state index in [1.54, 1.807) is 12.1 Å². The van der Waals surface area contributed by atoms with Crippen molar-refractivity contribution in [2.75, 3.05) is 13.7 Å². The molecule has 1 aliphatic heterocycles. The van der Waals surface area contributed by atoms with E-state index in [-0.39, 0.29) is 6.04 Å². The number of aliphatic hydroxyl groups excluding tert-OH is 1. The van der Waals surface area contributed by atoms with Crippen LogP contribution in [0.4, 0.5) is 0 Å². The predicted molar refractivity (Wildman–Crippen MR) is 59.4 cm³/mol. The van der Waals surface area contributed by atoms with Gasteiger partial charge in [-0.25, -0.2) is 0 Å². The summed E-state index contributed by atoms with van der Waals surface area (Å²) in [5.74, 6) is 0.688. The molecule has 0 radical (unpaired) electrons. The summed E-state index contributed by atoms with van der Waals surface area (Å²) < 4.78 is 5.60. The molecule has 1 heterocycles. The standard InChI is InChI=1S/C11H14ClNO2/c1-13-8-5-10(14)9-3-2-7(12)4-11(9)15-6-8/h2-4,8,10,13-14H,5-6H2,1H3/t8-,10-/m0/s1. The van der Waals surface area contributed by atoms with Gasteiger partial charge in [-0.15, -0.1) is 0 Å². The summed E-state index contributed by atoms with van der Waals surface area (Å²) in [6.07, 6.45) is 0.169. The SMILES string of the molecule is CN[C@@H]1COc2cc(Cl)ccc2[C@@H](O)C1. The van der Waals surface area contributed by atoms with Crippen molar-refractivity contribution in [2.45, 2.75) is 18.6 Å². The summed E-state index contributed by atoms with van der Waals surface area (Å²) in [5, 5.41) is 13.7. The summed E-state index contributed by atoms with van der Waals surface area (Å²) in [4.78, 5) is 0. The second-order valence-electron chi connectivity index (χ2n) is 3.73. The van der Waals surface area contributed by atoms with Gasteiger partial charge in [0.1, 0.15) is 12.4 Å². The number of nitrogens with one attached hydrogen (secondary N) is 1. The molecule has 0 spiro atoms. The number of hydrogen-bond acceptors (Lipinski definition) is 3. The molecule has 1 aromatic carbocycles. The fraction of sp³-hybridized carbons (Fsp3) is 0.455. The van der Waals surface area contributed by atoms with Gasteiger partial charge in [0.25, 0.3) is 0 Å². The van der Waals surface area contributed by atoms with Crippen molar-refractivity contribution in [3.05, 3.63) is 28.8 Å². The number of likely N-dealkylation sites (N-methyl/N-ethyl adjacent to an activating group) is 1. The van der Waals surface area contributed by atoms with Gasteiger partial charge in [-0.05, 0) is 25.6 Å². The number of hydrogen-bond donors (Lipinski definition) is 2. The minimum atomic E-state index is -0.489. The van der Waals surface area contributed by atoms with Crippen molar-refractivity contribution in [1.29, 1.82) is 0 Å². The molecule has 0 bridgehead atoms. The fourth-order valence-electron chi connectivity index (χ4n) is 1.76. The van der Waals surface area contributed by atoms with Crippen LogP contribution in [0.3, 0.4) is 0 Å². The van der Waals surface area contributed by atoms with E-state index in [0.717, 1.165) is 5.56 Å². The smallest absolute Gasteiger partial charge is 0.126 e. The maximum absolute atomic E-state index is 9.97. The lowest BCUT2D eigenvalue weighted by atomic mass is 10.0. The lowest BCUT2D eigenvalue weighted by Crippen LogP contribution is -2.31. The molecule has 15 heavy (non-hydrogen) atoms. The molecule has 1 aromatic rings. The Bertz CT molecular complexity index is 356. The molecule has 1 aliphatic rings. The second kappa shape index (κ2) is 4.39. The van der Waals surface area contributed by atoms with Gasteiger partial charge in [-0.1, -0.05) is 17.7 Å². The van der Waals surface area contributed by atoms with E-state index in [1.807, 2.05) is 13.1 Å². The molecule has 2 atom stereocenters. The van der Waals surface area contributed by atoms with Crippen LogP contribution in [0.1, 0.15) is 18.1 Å². The molecular weight excluding hydrogens is 214 g/mol. The van der Waals surface area contributed by atoms with Crippen molar-refractivity contribution in [2.24, 2.45) is 0 Å². The molecule has 0 unspecified atom stereocenters. The lowest BCUT2D eigenvalue weighted by Gasteiger charge is -2.14. The Morgan fingerprint density at radius 3 is 3.07 bits per heavy atom. The Morgan fingerprint density at radius 1 is 1.53 bits per heavy atom. The molecule has 3 nitrogen and oxygen atoms in total. The molecule has 0 amide bonds. The maximum atomic E-state index is 9.97. The third kappa shape index (κ3) is 2.25. The summed E-state index contributed by atoms with van der Waals surface area (Å²) in [6, 6.07) is 5.51. The first-order valence-corrected chi connectivity index (χ1v) is 5.36. The zero-order valence-corrected chi connectivity index (χ0v) is 9.29. The van der Waals surface area contributed by atoms with Crippen molar-refractivity contribution < 1.29 is 9.84 Å². The van der Waals surface area contributed by atoms with E-state index in [4.69, 9.17) is 16.3 Å². The molecule has 2 N–H and O–H groups in total. The van der Waals surface area contributed by atoms with E-state index in [0.29, 0.717) is 23.8 Å². The van der Waals surface area contributed by atoms with Crippen LogP contribution in [-0.2, 0) is 0 Å². The van der Waals surface area contributed by atoms with Crippen molar-refractivity contribution in [3.8, 4) is 5.75 Å². The fourth-order valence-corrected chi connectivity index (χ4v) is 1.93. The van der Waals surface area contributed by atoms with Crippen LogP contribution in [0.15, 0.2) is 18.2 Å². The number of ether oxygens (including phenoxy) is 1. The van der Waals surface area contributed by atoms with Gasteiger partial charge < -0.3 is 15.2 Å². The van der Waals surface area contributed by atoms with Gasteiger partial charge in [0.15, 0.2) is 0 Å². The number of rotatable bonds is 1. The van der Waals surface area contributed by atoms with E-state index in [2.05, 4.69) is 5.32 Å². The molecular formula is C11H14ClNO2. The van der Waals surface area contributed by atoms with Crippen molar-refractivity contribution in [3.63, 3.8) is 0 Å². The van der Waals surface area contributed by atoms with Gasteiger partial charge in [-0.2, -0.15) is 0 Å². The number of aliphatic hydroxyl groups is 1. The van der Waals surface area contributed by atoms with Crippen LogP contribution < -0.4 is 10.1 Å². The number of halogens is 1. The largest absolute Gasteiger partial charge is 0.492 e.